The Morgan fingerprint density at radius 2 is 1.94 bits per heavy atom. The Balaban J connectivity index is 0.00000341. The Labute approximate surface area is 199 Å². The number of nitrogens with one attached hydrogen (secondary N) is 2. The number of para-hydroxylation sites is 1. The Kier molecular flexibility index (Phi) is 9.64. The lowest BCUT2D eigenvalue weighted by molar-refractivity contribution is 0.0953. The molecule has 0 saturated heterocycles. The second-order valence-corrected chi connectivity index (χ2v) is 7.00. The number of nitrogens with zero attached hydrogens (tertiary/aromatic N) is 2. The fourth-order valence-corrected chi connectivity index (χ4v) is 3.11. The molecule has 0 unspecified atom stereocenters. The van der Waals surface area contributed by atoms with Crippen LogP contribution >= 0.6 is 24.0 Å². The minimum atomic E-state index is -0.205. The highest BCUT2D eigenvalue weighted by molar-refractivity contribution is 14.0. The number of carbonyl (C=O) groups is 1. The molecule has 0 fully saturated rings. The lowest BCUT2D eigenvalue weighted by Gasteiger charge is -2.21. The molecule has 31 heavy (non-hydrogen) atoms. The number of halogens is 1. The summed E-state index contributed by atoms with van der Waals surface area (Å²) in [5.41, 5.74) is 1.32. The van der Waals surface area contributed by atoms with Gasteiger partial charge < -0.3 is 25.1 Å². The largest absolute Gasteiger partial charge is 0.508 e. The highest BCUT2D eigenvalue weighted by Gasteiger charge is 2.10. The van der Waals surface area contributed by atoms with Crippen LogP contribution in [0.4, 0.5) is 0 Å². The van der Waals surface area contributed by atoms with Crippen molar-refractivity contribution < 1.29 is 14.3 Å². The van der Waals surface area contributed by atoms with E-state index in [1.807, 2.05) is 49.2 Å². The number of fused-ring (bicyclic) bond motifs is 1. The third-order valence-corrected chi connectivity index (χ3v) is 4.56. The van der Waals surface area contributed by atoms with Crippen molar-refractivity contribution in [3.63, 3.8) is 0 Å². The topological polar surface area (TPSA) is 90.1 Å². The highest BCUT2D eigenvalue weighted by atomic mass is 127. The summed E-state index contributed by atoms with van der Waals surface area (Å²) < 4.78 is 5.90. The lowest BCUT2D eigenvalue weighted by Crippen LogP contribution is -2.38. The Bertz CT molecular complexity index is 986. The average molecular weight is 536 g/mol. The monoisotopic (exact) mass is 536 g/mol. The third kappa shape index (κ3) is 7.16. The number of rotatable bonds is 8. The van der Waals surface area contributed by atoms with Gasteiger partial charge in [-0.1, -0.05) is 24.3 Å². The summed E-state index contributed by atoms with van der Waals surface area (Å²) in [6, 6.07) is 16.3. The summed E-state index contributed by atoms with van der Waals surface area (Å²) in [6.07, 6.45) is 0.706. The molecule has 0 radical (unpaired) electrons. The predicted octanol–water partition coefficient (Wildman–Crippen LogP) is 3.97. The molecule has 2 aromatic carbocycles. The molecular weight excluding hydrogens is 507 g/mol. The van der Waals surface area contributed by atoms with Crippen molar-refractivity contribution in [2.45, 2.75) is 19.9 Å². The highest BCUT2D eigenvalue weighted by Crippen LogP contribution is 2.19. The number of aromatic hydroxyl groups is 1. The normalized spacial score (nSPS) is 11.1. The van der Waals surface area contributed by atoms with Gasteiger partial charge in [-0.25, -0.2) is 0 Å². The van der Waals surface area contributed by atoms with Gasteiger partial charge in [0.05, 0.1) is 6.54 Å². The van der Waals surface area contributed by atoms with E-state index < -0.39 is 0 Å². The first-order chi connectivity index (χ1) is 14.6. The number of aliphatic imine (C=N–C) groups is 1. The van der Waals surface area contributed by atoms with Gasteiger partial charge >= 0.3 is 0 Å². The number of furan rings is 1. The molecule has 0 aliphatic heterocycles. The molecule has 1 heterocycles. The van der Waals surface area contributed by atoms with Gasteiger partial charge in [-0.2, -0.15) is 0 Å². The van der Waals surface area contributed by atoms with E-state index in [-0.39, 0.29) is 35.6 Å². The van der Waals surface area contributed by atoms with E-state index in [1.165, 1.54) is 12.1 Å². The zero-order valence-corrected chi connectivity index (χ0v) is 20.1. The fourth-order valence-electron chi connectivity index (χ4n) is 3.11. The molecule has 0 spiro atoms. The van der Waals surface area contributed by atoms with E-state index in [0.717, 1.165) is 29.2 Å². The summed E-state index contributed by atoms with van der Waals surface area (Å²) >= 11 is 0. The zero-order valence-electron chi connectivity index (χ0n) is 17.8. The number of phenolic OH excluding ortho intramolecular Hbond substituents is 1. The van der Waals surface area contributed by atoms with Gasteiger partial charge in [0.15, 0.2) is 5.96 Å². The Morgan fingerprint density at radius 3 is 2.68 bits per heavy atom. The van der Waals surface area contributed by atoms with Crippen LogP contribution in [0.5, 0.6) is 5.75 Å². The minimum absolute atomic E-state index is 0. The van der Waals surface area contributed by atoms with Crippen molar-refractivity contribution in [3.8, 4) is 5.75 Å². The predicted molar refractivity (Wildman–Crippen MR) is 134 cm³/mol. The van der Waals surface area contributed by atoms with Crippen molar-refractivity contribution in [2.24, 2.45) is 4.99 Å². The smallest absolute Gasteiger partial charge is 0.251 e. The van der Waals surface area contributed by atoms with Crippen molar-refractivity contribution in [2.75, 3.05) is 26.7 Å². The molecule has 3 aromatic rings. The molecule has 1 amide bonds. The van der Waals surface area contributed by atoms with Crippen LogP contribution in [-0.4, -0.2) is 48.6 Å². The summed E-state index contributed by atoms with van der Waals surface area (Å²) in [5.74, 6) is 1.54. The molecule has 8 heteroatoms. The SMILES string of the molecule is CCNC(=NCCCNC(=O)c1cccc(O)c1)N(C)Cc1cc2ccccc2o1.I. The fraction of sp³-hybridized carbons (Fsp3) is 0.304. The van der Waals surface area contributed by atoms with E-state index in [9.17, 15) is 9.90 Å². The summed E-state index contributed by atoms with van der Waals surface area (Å²) in [5, 5.41) is 16.7. The van der Waals surface area contributed by atoms with Gasteiger partial charge in [-0.3, -0.25) is 9.79 Å². The lowest BCUT2D eigenvalue weighted by atomic mass is 10.2. The van der Waals surface area contributed by atoms with Gasteiger partial charge in [0.25, 0.3) is 5.91 Å². The van der Waals surface area contributed by atoms with Crippen LogP contribution < -0.4 is 10.6 Å². The molecule has 3 rings (SSSR count). The summed E-state index contributed by atoms with van der Waals surface area (Å²) in [6.45, 7) is 4.48. The maximum absolute atomic E-state index is 12.1. The number of benzene rings is 2. The van der Waals surface area contributed by atoms with Crippen LogP contribution in [0.15, 0.2) is 64.0 Å². The first-order valence-corrected chi connectivity index (χ1v) is 10.1. The van der Waals surface area contributed by atoms with Crippen LogP contribution in [0.25, 0.3) is 11.0 Å². The minimum Gasteiger partial charge on any atom is -0.508 e. The van der Waals surface area contributed by atoms with Crippen molar-refractivity contribution >= 4 is 46.8 Å². The average Bonchev–Trinajstić information content (AvgIpc) is 3.14. The van der Waals surface area contributed by atoms with Crippen molar-refractivity contribution in [1.29, 1.82) is 0 Å². The standard InChI is InChI=1S/C23H28N4O3.HI/c1-3-24-23(27(2)16-20-15-17-8-4-5-11-21(17)30-20)26-13-7-12-25-22(29)18-9-6-10-19(28)14-18;/h4-6,8-11,14-15,28H,3,7,12-13,16H2,1-2H3,(H,24,26)(H,25,29);1H. The van der Waals surface area contributed by atoms with Crippen LogP contribution in [0.3, 0.4) is 0 Å². The van der Waals surface area contributed by atoms with Crippen LogP contribution in [0.2, 0.25) is 0 Å². The first kappa shape index (κ1) is 24.5. The second-order valence-electron chi connectivity index (χ2n) is 7.00. The van der Waals surface area contributed by atoms with Gasteiger partial charge in [-0.15, -0.1) is 24.0 Å². The maximum atomic E-state index is 12.1. The molecule has 0 saturated carbocycles. The number of guanidine groups is 1. The van der Waals surface area contributed by atoms with Crippen LogP contribution in [0, 0.1) is 0 Å². The van der Waals surface area contributed by atoms with E-state index in [2.05, 4.69) is 15.6 Å². The van der Waals surface area contributed by atoms with E-state index in [4.69, 9.17) is 4.42 Å². The van der Waals surface area contributed by atoms with Crippen LogP contribution in [-0.2, 0) is 6.54 Å². The maximum Gasteiger partial charge on any atom is 0.251 e. The molecule has 3 N–H and O–H groups in total. The molecule has 0 aliphatic rings. The molecule has 0 bridgehead atoms. The van der Waals surface area contributed by atoms with E-state index in [1.54, 1.807) is 12.1 Å². The Morgan fingerprint density at radius 1 is 1.13 bits per heavy atom. The van der Waals surface area contributed by atoms with Gasteiger partial charge in [0.1, 0.15) is 17.1 Å². The number of amides is 1. The molecule has 166 valence electrons. The van der Waals surface area contributed by atoms with Gasteiger partial charge in [0.2, 0.25) is 0 Å². The number of hydrogen-bond acceptors (Lipinski definition) is 4. The number of hydrogen-bond donors (Lipinski definition) is 3. The Hall–Kier alpha value is -2.75. The summed E-state index contributed by atoms with van der Waals surface area (Å²) in [7, 11) is 1.97. The van der Waals surface area contributed by atoms with Crippen molar-refractivity contribution in [3.05, 3.63) is 65.9 Å². The van der Waals surface area contributed by atoms with Crippen LogP contribution in [0.1, 0.15) is 29.5 Å². The molecule has 7 nitrogen and oxygen atoms in total. The van der Waals surface area contributed by atoms with Crippen molar-refractivity contribution in [1.82, 2.24) is 15.5 Å². The molecule has 0 aliphatic carbocycles. The molecule has 0 atom stereocenters. The number of carbonyl (C=O) groups excluding carboxylic acids is 1. The van der Waals surface area contributed by atoms with E-state index in [0.29, 0.717) is 31.6 Å². The molecular formula is C23H29IN4O3. The first-order valence-electron chi connectivity index (χ1n) is 10.1. The quantitative estimate of drug-likeness (QED) is 0.176. The second kappa shape index (κ2) is 12.2. The van der Waals surface area contributed by atoms with Gasteiger partial charge in [-0.05, 0) is 43.7 Å². The van der Waals surface area contributed by atoms with Gasteiger partial charge in [0, 0.05) is 37.6 Å². The third-order valence-electron chi connectivity index (χ3n) is 4.56. The zero-order chi connectivity index (χ0) is 21.3. The number of phenols is 1. The van der Waals surface area contributed by atoms with E-state index >= 15 is 0 Å². The molecule has 1 aromatic heterocycles. The summed E-state index contributed by atoms with van der Waals surface area (Å²) in [4.78, 5) is 18.8.